The van der Waals surface area contributed by atoms with Gasteiger partial charge in [0.1, 0.15) is 0 Å². The number of piperazine rings is 1. The third-order valence-corrected chi connectivity index (χ3v) is 5.49. The molecule has 2 heterocycles. The van der Waals surface area contributed by atoms with Gasteiger partial charge in [0.15, 0.2) is 0 Å². The lowest BCUT2D eigenvalue weighted by atomic mass is 10.1. The average molecular weight is 406 g/mol. The predicted molar refractivity (Wildman–Crippen MR) is 117 cm³/mol. The summed E-state index contributed by atoms with van der Waals surface area (Å²) in [4.78, 5) is 16.7. The zero-order valence-electron chi connectivity index (χ0n) is 17.7. The number of amides is 2. The summed E-state index contributed by atoms with van der Waals surface area (Å²) in [6.07, 6.45) is 0.958. The smallest absolute Gasteiger partial charge is 0.321 e. The lowest BCUT2D eigenvalue weighted by Gasteiger charge is -2.34. The maximum atomic E-state index is 12.7. The molecule has 0 radical (unpaired) electrons. The van der Waals surface area contributed by atoms with Gasteiger partial charge in [-0.15, -0.1) is 0 Å². The first-order valence-electron chi connectivity index (χ1n) is 10.3. The Hall–Kier alpha value is -3.42. The molecule has 0 unspecified atom stereocenters. The van der Waals surface area contributed by atoms with E-state index in [9.17, 15) is 4.79 Å². The maximum absolute atomic E-state index is 12.7. The average Bonchev–Trinajstić information content (AvgIpc) is 3.26. The fourth-order valence-electron chi connectivity index (χ4n) is 3.71. The van der Waals surface area contributed by atoms with Crippen molar-refractivity contribution in [2.75, 3.05) is 36.4 Å². The summed E-state index contributed by atoms with van der Waals surface area (Å²) in [7, 11) is 0. The molecule has 2 aromatic carbocycles. The van der Waals surface area contributed by atoms with E-state index >= 15 is 0 Å². The van der Waals surface area contributed by atoms with Gasteiger partial charge in [0.05, 0.1) is 5.69 Å². The van der Waals surface area contributed by atoms with Crippen LogP contribution in [0.1, 0.15) is 23.6 Å². The Bertz CT molecular complexity index is 1040. The van der Waals surface area contributed by atoms with Gasteiger partial charge in [-0.1, -0.05) is 41.9 Å². The molecule has 1 aromatic heterocycles. The third-order valence-electron chi connectivity index (χ3n) is 5.49. The molecule has 1 aliphatic rings. The Labute approximate surface area is 176 Å². The van der Waals surface area contributed by atoms with E-state index in [1.807, 2.05) is 43.0 Å². The number of hydrogen-bond donors (Lipinski definition) is 1. The number of carbonyl (C=O) groups is 1. The van der Waals surface area contributed by atoms with Crippen LogP contribution in [0.25, 0.3) is 5.69 Å². The zero-order valence-corrected chi connectivity index (χ0v) is 17.7. The van der Waals surface area contributed by atoms with E-state index in [1.165, 1.54) is 11.1 Å². The predicted octanol–water partition coefficient (Wildman–Crippen LogP) is 3.20. The zero-order chi connectivity index (χ0) is 21.1. The molecule has 8 nitrogen and oxygen atoms in total. The molecule has 30 heavy (non-hydrogen) atoms. The van der Waals surface area contributed by atoms with Crippen LogP contribution in [0.4, 0.5) is 16.4 Å². The summed E-state index contributed by atoms with van der Waals surface area (Å²) in [5.41, 5.74) is 5.29. The second kappa shape index (κ2) is 8.52. The highest BCUT2D eigenvalue weighted by atomic mass is 16.2. The molecule has 1 aliphatic heterocycles. The van der Waals surface area contributed by atoms with Crippen molar-refractivity contribution >= 4 is 17.7 Å². The quantitative estimate of drug-likeness (QED) is 0.721. The Kier molecular flexibility index (Phi) is 5.65. The van der Waals surface area contributed by atoms with Gasteiger partial charge in [0.2, 0.25) is 5.95 Å². The van der Waals surface area contributed by atoms with Crippen molar-refractivity contribution in [3.63, 3.8) is 0 Å². The van der Waals surface area contributed by atoms with Crippen molar-refractivity contribution in [3.05, 3.63) is 59.2 Å². The van der Waals surface area contributed by atoms with Gasteiger partial charge in [-0.25, -0.2) is 4.79 Å². The van der Waals surface area contributed by atoms with E-state index in [1.54, 1.807) is 4.68 Å². The Balaban J connectivity index is 1.41. The molecule has 1 N–H and O–H groups in total. The normalized spacial score (nSPS) is 14.1. The van der Waals surface area contributed by atoms with Gasteiger partial charge in [-0.2, -0.15) is 4.68 Å². The summed E-state index contributed by atoms with van der Waals surface area (Å²) in [5.74, 6) is 0.706. The minimum atomic E-state index is -0.0724. The van der Waals surface area contributed by atoms with E-state index < -0.39 is 0 Å². The molecule has 0 spiro atoms. The highest BCUT2D eigenvalue weighted by Gasteiger charge is 2.25. The second-order valence-corrected chi connectivity index (χ2v) is 7.64. The Morgan fingerprint density at radius 3 is 2.60 bits per heavy atom. The van der Waals surface area contributed by atoms with E-state index in [-0.39, 0.29) is 6.03 Å². The van der Waals surface area contributed by atoms with Crippen molar-refractivity contribution in [3.8, 4) is 5.69 Å². The van der Waals surface area contributed by atoms with Gasteiger partial charge in [0.25, 0.3) is 0 Å². The van der Waals surface area contributed by atoms with E-state index in [4.69, 9.17) is 0 Å². The summed E-state index contributed by atoms with van der Waals surface area (Å²) in [6.45, 7) is 8.75. The van der Waals surface area contributed by atoms with Crippen LogP contribution in [0.5, 0.6) is 0 Å². The summed E-state index contributed by atoms with van der Waals surface area (Å²) in [5, 5.41) is 15.3. The number of aromatic nitrogens is 4. The first-order chi connectivity index (χ1) is 14.5. The number of aryl methyl sites for hydroxylation is 3. The minimum absolute atomic E-state index is 0.0724. The number of rotatable bonds is 4. The van der Waals surface area contributed by atoms with Gasteiger partial charge < -0.3 is 15.1 Å². The molecule has 8 heteroatoms. The van der Waals surface area contributed by atoms with Crippen LogP contribution >= 0.6 is 0 Å². The lowest BCUT2D eigenvalue weighted by molar-refractivity contribution is 0.208. The molecule has 0 atom stereocenters. The van der Waals surface area contributed by atoms with E-state index in [0.29, 0.717) is 32.1 Å². The van der Waals surface area contributed by atoms with Crippen molar-refractivity contribution in [2.24, 2.45) is 0 Å². The Morgan fingerprint density at radius 1 is 1.07 bits per heavy atom. The molecular formula is C22H27N7O. The molecule has 3 aromatic rings. The van der Waals surface area contributed by atoms with Crippen molar-refractivity contribution < 1.29 is 4.79 Å². The van der Waals surface area contributed by atoms with Gasteiger partial charge in [0, 0.05) is 31.9 Å². The molecule has 156 valence electrons. The minimum Gasteiger partial charge on any atom is -0.336 e. The summed E-state index contributed by atoms with van der Waals surface area (Å²) in [6, 6.07) is 14.2. The van der Waals surface area contributed by atoms with Crippen molar-refractivity contribution in [1.82, 2.24) is 25.1 Å². The van der Waals surface area contributed by atoms with Crippen LogP contribution in [0, 0.1) is 13.8 Å². The molecular weight excluding hydrogens is 378 g/mol. The molecule has 1 fully saturated rings. The van der Waals surface area contributed by atoms with E-state index in [2.05, 4.69) is 50.9 Å². The van der Waals surface area contributed by atoms with Crippen molar-refractivity contribution in [2.45, 2.75) is 27.2 Å². The largest absolute Gasteiger partial charge is 0.336 e. The number of anilines is 2. The number of benzene rings is 2. The maximum Gasteiger partial charge on any atom is 0.321 e. The fourth-order valence-corrected chi connectivity index (χ4v) is 3.71. The first-order valence-corrected chi connectivity index (χ1v) is 10.3. The number of nitrogens with one attached hydrogen (secondary N) is 1. The van der Waals surface area contributed by atoms with Gasteiger partial charge in [-0.3, -0.25) is 0 Å². The molecule has 0 bridgehead atoms. The van der Waals surface area contributed by atoms with Crippen LogP contribution in [-0.2, 0) is 6.42 Å². The molecule has 0 aliphatic carbocycles. The second-order valence-electron chi connectivity index (χ2n) is 7.64. The topological polar surface area (TPSA) is 79.2 Å². The van der Waals surface area contributed by atoms with Crippen molar-refractivity contribution in [1.29, 1.82) is 0 Å². The number of nitrogens with zero attached hydrogens (tertiary/aromatic N) is 6. The SMILES string of the molecule is CCc1cccc(-n2nnnc2N2CCN(C(=O)Nc3ccc(C)cc3C)CC2)c1. The highest BCUT2D eigenvalue weighted by Crippen LogP contribution is 2.20. The van der Waals surface area contributed by atoms with Gasteiger partial charge >= 0.3 is 6.03 Å². The number of carbonyl (C=O) groups excluding carboxylic acids is 1. The van der Waals surface area contributed by atoms with Crippen LogP contribution in [-0.4, -0.2) is 57.3 Å². The highest BCUT2D eigenvalue weighted by molar-refractivity contribution is 5.90. The van der Waals surface area contributed by atoms with Crippen LogP contribution in [0.2, 0.25) is 0 Å². The fraction of sp³-hybridized carbons (Fsp3) is 0.364. The summed E-state index contributed by atoms with van der Waals surface area (Å²) >= 11 is 0. The van der Waals surface area contributed by atoms with Gasteiger partial charge in [-0.05, 0) is 60.0 Å². The first kappa shape index (κ1) is 19.9. The number of urea groups is 1. The monoisotopic (exact) mass is 405 g/mol. The number of hydrogen-bond acceptors (Lipinski definition) is 5. The summed E-state index contributed by atoms with van der Waals surface area (Å²) < 4.78 is 1.77. The van der Waals surface area contributed by atoms with Crippen LogP contribution < -0.4 is 10.2 Å². The Morgan fingerprint density at radius 2 is 1.87 bits per heavy atom. The van der Waals surface area contributed by atoms with E-state index in [0.717, 1.165) is 23.4 Å². The molecule has 2 amide bonds. The third kappa shape index (κ3) is 4.12. The van der Waals surface area contributed by atoms with Crippen LogP contribution in [0.15, 0.2) is 42.5 Å². The standard InChI is InChI=1S/C22H27N7O/c1-4-18-6-5-7-19(15-18)29-21(24-25-26-29)27-10-12-28(13-11-27)22(30)23-20-9-8-16(2)14-17(20)3/h5-9,14-15H,4,10-13H2,1-3H3,(H,23,30). The lowest BCUT2D eigenvalue weighted by Crippen LogP contribution is -2.50. The molecule has 4 rings (SSSR count). The number of tetrazole rings is 1. The molecule has 0 saturated carbocycles. The van der Waals surface area contributed by atoms with Crippen LogP contribution in [0.3, 0.4) is 0 Å². The molecule has 1 saturated heterocycles.